The lowest BCUT2D eigenvalue weighted by molar-refractivity contribution is 0.0213. The van der Waals surface area contributed by atoms with Gasteiger partial charge in [0, 0.05) is 31.6 Å². The molecule has 33 heavy (non-hydrogen) atoms. The molecular weight excluding hydrogens is 459 g/mol. The standard InChI is InChI=1S/C26H26Cl2N2O3/c27-24-12-11-20(13-25(24)28)26-14-23(33-29-26)17-30(15-19-7-3-1-4-8-19)16-21(31)18-32-22-9-5-2-6-10-22/h1-13,21,23,31H,14-18H2/t21-,23+/m1/s1. The summed E-state index contributed by atoms with van der Waals surface area (Å²) >= 11 is 12.2. The molecule has 0 amide bonds. The predicted molar refractivity (Wildman–Crippen MR) is 132 cm³/mol. The number of aliphatic hydroxyl groups is 1. The van der Waals surface area contributed by atoms with Crippen molar-refractivity contribution in [1.82, 2.24) is 4.90 Å². The van der Waals surface area contributed by atoms with Gasteiger partial charge in [0.1, 0.15) is 24.6 Å². The molecule has 0 radical (unpaired) electrons. The summed E-state index contributed by atoms with van der Waals surface area (Å²) in [4.78, 5) is 7.90. The van der Waals surface area contributed by atoms with Gasteiger partial charge in [-0.1, -0.05) is 83.0 Å². The first-order valence-electron chi connectivity index (χ1n) is 10.9. The molecule has 3 aromatic rings. The van der Waals surface area contributed by atoms with Crippen LogP contribution in [0, 0.1) is 0 Å². The Hall–Kier alpha value is -2.57. The number of halogens is 2. The molecule has 0 bridgehead atoms. The van der Waals surface area contributed by atoms with E-state index in [1.54, 1.807) is 12.1 Å². The van der Waals surface area contributed by atoms with E-state index in [1.165, 1.54) is 0 Å². The molecule has 5 nitrogen and oxygen atoms in total. The smallest absolute Gasteiger partial charge is 0.145 e. The van der Waals surface area contributed by atoms with Crippen LogP contribution >= 0.6 is 23.2 Å². The van der Waals surface area contributed by atoms with Crippen molar-refractivity contribution < 1.29 is 14.7 Å². The Kier molecular flexibility index (Phi) is 8.24. The summed E-state index contributed by atoms with van der Waals surface area (Å²) in [5, 5.41) is 15.9. The van der Waals surface area contributed by atoms with Crippen LogP contribution in [-0.4, -0.2) is 47.6 Å². The second-order valence-electron chi connectivity index (χ2n) is 8.06. The molecule has 0 spiro atoms. The molecule has 4 rings (SSSR count). The third-order valence-electron chi connectivity index (χ3n) is 5.35. The number of rotatable bonds is 10. The summed E-state index contributed by atoms with van der Waals surface area (Å²) in [5.41, 5.74) is 2.90. The molecule has 1 N–H and O–H groups in total. The van der Waals surface area contributed by atoms with E-state index in [9.17, 15) is 5.11 Å². The first kappa shape index (κ1) is 23.6. The van der Waals surface area contributed by atoms with Gasteiger partial charge in [-0.2, -0.15) is 0 Å². The number of nitrogens with zero attached hydrogens (tertiary/aromatic N) is 2. The van der Waals surface area contributed by atoms with E-state index in [-0.39, 0.29) is 12.7 Å². The summed E-state index contributed by atoms with van der Waals surface area (Å²) in [7, 11) is 0. The summed E-state index contributed by atoms with van der Waals surface area (Å²) in [6.07, 6.45) is -0.119. The molecule has 3 aromatic carbocycles. The van der Waals surface area contributed by atoms with E-state index in [4.69, 9.17) is 32.8 Å². The van der Waals surface area contributed by atoms with Gasteiger partial charge in [-0.05, 0) is 29.8 Å². The fraction of sp³-hybridized carbons (Fsp3) is 0.269. The Morgan fingerprint density at radius 1 is 1.00 bits per heavy atom. The second kappa shape index (κ2) is 11.5. The zero-order chi connectivity index (χ0) is 23.0. The quantitative estimate of drug-likeness (QED) is 0.416. The topological polar surface area (TPSA) is 54.3 Å². The van der Waals surface area contributed by atoms with Crippen LogP contribution in [0.3, 0.4) is 0 Å². The molecule has 0 fully saturated rings. The second-order valence-corrected chi connectivity index (χ2v) is 8.87. The molecular formula is C26H26Cl2N2O3. The fourth-order valence-electron chi connectivity index (χ4n) is 3.77. The number of aliphatic hydroxyl groups excluding tert-OH is 1. The van der Waals surface area contributed by atoms with Crippen molar-refractivity contribution in [2.45, 2.75) is 25.2 Å². The van der Waals surface area contributed by atoms with Crippen LogP contribution in [0.5, 0.6) is 5.75 Å². The van der Waals surface area contributed by atoms with Crippen molar-refractivity contribution in [2.24, 2.45) is 5.16 Å². The van der Waals surface area contributed by atoms with E-state index in [1.807, 2.05) is 54.6 Å². The van der Waals surface area contributed by atoms with E-state index in [2.05, 4.69) is 22.2 Å². The SMILES string of the molecule is O[C@@H](COc1ccccc1)CN(Cc1ccccc1)C[C@@H]1CC(c2ccc(Cl)c(Cl)c2)=NO1. The van der Waals surface area contributed by atoms with Crippen LogP contribution in [0.15, 0.2) is 84.0 Å². The van der Waals surface area contributed by atoms with Gasteiger partial charge >= 0.3 is 0 Å². The average Bonchev–Trinajstić information content (AvgIpc) is 3.29. The molecule has 0 aliphatic carbocycles. The number of benzene rings is 3. The predicted octanol–water partition coefficient (Wildman–Crippen LogP) is 5.43. The normalized spacial score (nSPS) is 16.4. The van der Waals surface area contributed by atoms with Crippen molar-refractivity contribution >= 4 is 28.9 Å². The van der Waals surface area contributed by atoms with Gasteiger partial charge in [-0.3, -0.25) is 4.90 Å². The minimum atomic E-state index is -0.647. The Labute approximate surface area is 204 Å². The van der Waals surface area contributed by atoms with Crippen LogP contribution in [-0.2, 0) is 11.4 Å². The lowest BCUT2D eigenvalue weighted by atomic mass is 10.0. The highest BCUT2D eigenvalue weighted by Crippen LogP contribution is 2.26. The highest BCUT2D eigenvalue weighted by Gasteiger charge is 2.26. The molecule has 0 saturated carbocycles. The van der Waals surface area contributed by atoms with Crippen LogP contribution in [0.2, 0.25) is 10.0 Å². The van der Waals surface area contributed by atoms with Gasteiger partial charge in [0.05, 0.1) is 15.8 Å². The van der Waals surface area contributed by atoms with Crippen molar-refractivity contribution in [2.75, 3.05) is 19.7 Å². The number of hydrogen-bond acceptors (Lipinski definition) is 5. The summed E-state index contributed by atoms with van der Waals surface area (Å²) in [6, 6.07) is 25.1. The first-order chi connectivity index (χ1) is 16.1. The number of para-hydroxylation sites is 1. The molecule has 1 heterocycles. The molecule has 0 saturated heterocycles. The van der Waals surface area contributed by atoms with Gasteiger partial charge in [0.2, 0.25) is 0 Å². The zero-order valence-corrected chi connectivity index (χ0v) is 19.6. The summed E-state index contributed by atoms with van der Waals surface area (Å²) in [6.45, 7) is 1.96. The maximum Gasteiger partial charge on any atom is 0.145 e. The fourth-order valence-corrected chi connectivity index (χ4v) is 4.06. The monoisotopic (exact) mass is 484 g/mol. The molecule has 7 heteroatoms. The largest absolute Gasteiger partial charge is 0.491 e. The summed E-state index contributed by atoms with van der Waals surface area (Å²) in [5.74, 6) is 0.741. The average molecular weight is 485 g/mol. The van der Waals surface area contributed by atoms with E-state index >= 15 is 0 Å². The van der Waals surface area contributed by atoms with E-state index < -0.39 is 6.10 Å². The van der Waals surface area contributed by atoms with Crippen molar-refractivity contribution in [3.63, 3.8) is 0 Å². The number of ether oxygens (including phenoxy) is 1. The molecule has 2 atom stereocenters. The minimum absolute atomic E-state index is 0.125. The van der Waals surface area contributed by atoms with Crippen LogP contribution in [0.25, 0.3) is 0 Å². The van der Waals surface area contributed by atoms with Crippen LogP contribution in [0.4, 0.5) is 0 Å². The van der Waals surface area contributed by atoms with E-state index in [0.29, 0.717) is 36.1 Å². The van der Waals surface area contributed by atoms with Crippen LogP contribution in [0.1, 0.15) is 17.5 Å². The maximum atomic E-state index is 10.7. The van der Waals surface area contributed by atoms with Gasteiger partial charge in [0.25, 0.3) is 0 Å². The van der Waals surface area contributed by atoms with Gasteiger partial charge < -0.3 is 14.7 Å². The Morgan fingerprint density at radius 2 is 1.73 bits per heavy atom. The third-order valence-corrected chi connectivity index (χ3v) is 6.09. The lowest BCUT2D eigenvalue weighted by Crippen LogP contribution is -2.39. The van der Waals surface area contributed by atoms with E-state index in [0.717, 1.165) is 22.6 Å². The number of hydrogen-bond donors (Lipinski definition) is 1. The Bertz CT molecular complexity index is 1060. The van der Waals surface area contributed by atoms with Crippen molar-refractivity contribution in [3.05, 3.63) is 100 Å². The van der Waals surface area contributed by atoms with Gasteiger partial charge in [0.15, 0.2) is 0 Å². The highest BCUT2D eigenvalue weighted by molar-refractivity contribution is 6.42. The molecule has 172 valence electrons. The molecule has 1 aliphatic heterocycles. The zero-order valence-electron chi connectivity index (χ0n) is 18.1. The molecule has 0 unspecified atom stereocenters. The van der Waals surface area contributed by atoms with Crippen molar-refractivity contribution in [3.8, 4) is 5.75 Å². The number of oxime groups is 1. The third kappa shape index (κ3) is 6.95. The lowest BCUT2D eigenvalue weighted by Gasteiger charge is -2.27. The highest BCUT2D eigenvalue weighted by atomic mass is 35.5. The Balaban J connectivity index is 1.37. The minimum Gasteiger partial charge on any atom is -0.491 e. The molecule has 0 aromatic heterocycles. The van der Waals surface area contributed by atoms with Crippen LogP contribution < -0.4 is 4.74 Å². The maximum absolute atomic E-state index is 10.7. The first-order valence-corrected chi connectivity index (χ1v) is 11.6. The van der Waals surface area contributed by atoms with Gasteiger partial charge in [-0.25, -0.2) is 0 Å². The van der Waals surface area contributed by atoms with Gasteiger partial charge in [-0.15, -0.1) is 0 Å². The Morgan fingerprint density at radius 3 is 2.45 bits per heavy atom. The van der Waals surface area contributed by atoms with Crippen molar-refractivity contribution in [1.29, 1.82) is 0 Å². The molecule has 1 aliphatic rings. The summed E-state index contributed by atoms with van der Waals surface area (Å²) < 4.78 is 5.73.